The Morgan fingerprint density at radius 3 is 2.90 bits per heavy atom. The highest BCUT2D eigenvalue weighted by Crippen LogP contribution is 2.33. The summed E-state index contributed by atoms with van der Waals surface area (Å²) < 4.78 is 34.4. The predicted octanol–water partition coefficient (Wildman–Crippen LogP) is 1.19. The Morgan fingerprint density at radius 2 is 2.23 bits per heavy atom. The molecule has 3 rings (SSSR count). The van der Waals surface area contributed by atoms with E-state index in [-0.39, 0.29) is 30.1 Å². The second kappa shape index (κ2) is 8.79. The van der Waals surface area contributed by atoms with Crippen molar-refractivity contribution in [2.24, 2.45) is 0 Å². The summed E-state index contributed by atoms with van der Waals surface area (Å²) in [5, 5.41) is 20.7. The molecule has 0 radical (unpaired) electrons. The number of hydrogen-bond acceptors (Lipinski definition) is 7. The molecule has 9 nitrogen and oxygen atoms in total. The third kappa shape index (κ3) is 4.49. The molecule has 1 fully saturated rings. The molecule has 0 aliphatic carbocycles. The van der Waals surface area contributed by atoms with E-state index in [4.69, 9.17) is 9.84 Å². The number of nitrogens with one attached hydrogen (secondary N) is 1. The van der Waals surface area contributed by atoms with Gasteiger partial charge in [-0.05, 0) is 18.2 Å². The number of aliphatic hydroxyl groups is 1. The molecule has 1 saturated heterocycles. The van der Waals surface area contributed by atoms with Crippen molar-refractivity contribution in [2.45, 2.75) is 18.4 Å². The normalized spacial score (nSPS) is 17.7. The number of alkyl halides is 2. The summed E-state index contributed by atoms with van der Waals surface area (Å²) in [5.74, 6) is -3.88. The maximum Gasteiger partial charge on any atom is 0.301 e. The number of nitriles is 1. The fourth-order valence-electron chi connectivity index (χ4n) is 3.06. The van der Waals surface area contributed by atoms with Gasteiger partial charge >= 0.3 is 5.92 Å². The topological polar surface area (TPSA) is 128 Å². The standard InChI is InChI=1S/C19H17F2N5O4/c20-19(21)9-26(18(29)8-27)4-3-16(19)30-15-2-1-12(5-13(15)7-22)14-6-17(25-11-28)24-10-23-14/h1-2,5-6,10-11,16,27H,3-4,8-9H2,(H,23,24,25,28). The van der Waals surface area contributed by atoms with Gasteiger partial charge in [0.05, 0.1) is 17.8 Å². The smallest absolute Gasteiger partial charge is 0.301 e. The number of amides is 2. The molecule has 2 heterocycles. The van der Waals surface area contributed by atoms with E-state index in [0.717, 1.165) is 4.90 Å². The molecule has 1 aromatic carbocycles. The molecule has 0 spiro atoms. The van der Waals surface area contributed by atoms with Crippen LogP contribution in [-0.4, -0.2) is 64.0 Å². The maximum atomic E-state index is 14.5. The third-order valence-electron chi connectivity index (χ3n) is 4.56. The first-order chi connectivity index (χ1) is 14.4. The molecule has 1 aliphatic rings. The van der Waals surface area contributed by atoms with Gasteiger partial charge in [0.1, 0.15) is 30.6 Å². The van der Waals surface area contributed by atoms with Crippen LogP contribution in [0.15, 0.2) is 30.6 Å². The van der Waals surface area contributed by atoms with Crippen LogP contribution in [0.3, 0.4) is 0 Å². The number of anilines is 1. The van der Waals surface area contributed by atoms with Crippen LogP contribution in [-0.2, 0) is 9.59 Å². The van der Waals surface area contributed by atoms with Gasteiger partial charge in [-0.2, -0.15) is 5.26 Å². The monoisotopic (exact) mass is 417 g/mol. The molecule has 1 atom stereocenters. The van der Waals surface area contributed by atoms with Crippen molar-refractivity contribution in [1.29, 1.82) is 5.26 Å². The van der Waals surface area contributed by atoms with E-state index in [0.29, 0.717) is 17.7 Å². The van der Waals surface area contributed by atoms with Gasteiger partial charge in [-0.15, -0.1) is 0 Å². The van der Waals surface area contributed by atoms with Gasteiger partial charge in [-0.3, -0.25) is 9.59 Å². The molecule has 156 valence electrons. The number of carbonyl (C=O) groups is 2. The fraction of sp³-hybridized carbons (Fsp3) is 0.316. The Hall–Kier alpha value is -3.65. The lowest BCUT2D eigenvalue weighted by Gasteiger charge is -2.38. The van der Waals surface area contributed by atoms with E-state index in [9.17, 15) is 23.6 Å². The van der Waals surface area contributed by atoms with Crippen molar-refractivity contribution in [3.05, 3.63) is 36.2 Å². The quantitative estimate of drug-likeness (QED) is 0.676. The zero-order chi connectivity index (χ0) is 21.7. The van der Waals surface area contributed by atoms with Crippen molar-refractivity contribution in [3.8, 4) is 23.1 Å². The van der Waals surface area contributed by atoms with Crippen LogP contribution < -0.4 is 10.1 Å². The molecule has 1 unspecified atom stereocenters. The minimum atomic E-state index is -3.35. The minimum absolute atomic E-state index is 0.00701. The zero-order valence-electron chi connectivity index (χ0n) is 15.6. The average molecular weight is 417 g/mol. The van der Waals surface area contributed by atoms with E-state index in [1.165, 1.54) is 24.5 Å². The number of halogens is 2. The van der Waals surface area contributed by atoms with E-state index in [1.807, 2.05) is 6.07 Å². The Bertz CT molecular complexity index is 995. The Kier molecular flexibility index (Phi) is 6.17. The Balaban J connectivity index is 1.81. The highest BCUT2D eigenvalue weighted by molar-refractivity contribution is 5.77. The fourth-order valence-corrected chi connectivity index (χ4v) is 3.06. The number of benzene rings is 1. The van der Waals surface area contributed by atoms with Gasteiger partial charge in [0.2, 0.25) is 12.3 Å². The third-order valence-corrected chi connectivity index (χ3v) is 4.56. The second-order valence-electron chi connectivity index (χ2n) is 6.50. The van der Waals surface area contributed by atoms with Crippen molar-refractivity contribution in [1.82, 2.24) is 14.9 Å². The lowest BCUT2D eigenvalue weighted by molar-refractivity contribution is -0.161. The second-order valence-corrected chi connectivity index (χ2v) is 6.50. The van der Waals surface area contributed by atoms with E-state index >= 15 is 0 Å². The van der Waals surface area contributed by atoms with Gasteiger partial charge in [0.15, 0.2) is 6.10 Å². The molecular formula is C19H17F2N5O4. The van der Waals surface area contributed by atoms with Gasteiger partial charge in [0, 0.05) is 24.6 Å². The SMILES string of the molecule is N#Cc1cc(-c2cc(NC=O)ncn2)ccc1OC1CCN(C(=O)CO)CC1(F)F. The molecule has 0 bridgehead atoms. The van der Waals surface area contributed by atoms with Crippen molar-refractivity contribution < 1.29 is 28.2 Å². The van der Waals surface area contributed by atoms with Gasteiger partial charge in [-0.1, -0.05) is 0 Å². The van der Waals surface area contributed by atoms with Crippen LogP contribution in [0.1, 0.15) is 12.0 Å². The number of nitrogens with zero attached hydrogens (tertiary/aromatic N) is 4. The molecule has 1 aliphatic heterocycles. The first-order valence-corrected chi connectivity index (χ1v) is 8.88. The maximum absolute atomic E-state index is 14.5. The summed E-state index contributed by atoms with van der Waals surface area (Å²) in [6.07, 6.45) is 0.0155. The van der Waals surface area contributed by atoms with Crippen LogP contribution >= 0.6 is 0 Å². The van der Waals surface area contributed by atoms with Gasteiger partial charge < -0.3 is 20.1 Å². The van der Waals surface area contributed by atoms with E-state index in [1.54, 1.807) is 6.07 Å². The number of ether oxygens (including phenoxy) is 1. The first kappa shape index (κ1) is 21.1. The van der Waals surface area contributed by atoms with Crippen LogP contribution in [0.2, 0.25) is 0 Å². The predicted molar refractivity (Wildman–Crippen MR) is 99.5 cm³/mol. The zero-order valence-corrected chi connectivity index (χ0v) is 15.6. The Labute approximate surface area is 169 Å². The largest absolute Gasteiger partial charge is 0.483 e. The molecule has 0 saturated carbocycles. The lowest BCUT2D eigenvalue weighted by Crippen LogP contribution is -2.55. The molecule has 2 amide bonds. The summed E-state index contributed by atoms with van der Waals surface area (Å²) >= 11 is 0. The number of hydrogen-bond donors (Lipinski definition) is 2. The molecule has 2 N–H and O–H groups in total. The van der Waals surface area contributed by atoms with Crippen LogP contribution in [0.4, 0.5) is 14.6 Å². The Morgan fingerprint density at radius 1 is 1.43 bits per heavy atom. The molecule has 2 aromatic rings. The highest BCUT2D eigenvalue weighted by Gasteiger charge is 2.47. The number of aliphatic hydroxyl groups excluding tert-OH is 1. The molecule has 11 heteroatoms. The number of carbonyl (C=O) groups excluding carboxylic acids is 2. The summed E-state index contributed by atoms with van der Waals surface area (Å²) in [7, 11) is 0. The van der Waals surface area contributed by atoms with Gasteiger partial charge in [0.25, 0.3) is 0 Å². The minimum Gasteiger partial charge on any atom is -0.483 e. The average Bonchev–Trinajstić information content (AvgIpc) is 2.75. The molecule has 1 aromatic heterocycles. The lowest BCUT2D eigenvalue weighted by atomic mass is 10.0. The van der Waals surface area contributed by atoms with Crippen LogP contribution in [0.5, 0.6) is 5.75 Å². The highest BCUT2D eigenvalue weighted by atomic mass is 19.3. The van der Waals surface area contributed by atoms with Crippen molar-refractivity contribution >= 4 is 18.1 Å². The van der Waals surface area contributed by atoms with Crippen LogP contribution in [0.25, 0.3) is 11.3 Å². The molecular weight excluding hydrogens is 400 g/mol. The summed E-state index contributed by atoms with van der Waals surface area (Å²) in [6.45, 7) is -1.70. The van der Waals surface area contributed by atoms with Crippen molar-refractivity contribution in [2.75, 3.05) is 25.0 Å². The molecule has 30 heavy (non-hydrogen) atoms. The van der Waals surface area contributed by atoms with Crippen LogP contribution in [0, 0.1) is 11.3 Å². The number of aromatic nitrogens is 2. The number of rotatable bonds is 6. The van der Waals surface area contributed by atoms with Crippen molar-refractivity contribution in [3.63, 3.8) is 0 Å². The first-order valence-electron chi connectivity index (χ1n) is 8.88. The number of likely N-dealkylation sites (tertiary alicyclic amines) is 1. The summed E-state index contributed by atoms with van der Waals surface area (Å²) in [6, 6.07) is 7.79. The summed E-state index contributed by atoms with van der Waals surface area (Å²) in [5.41, 5.74) is 0.949. The number of piperidine rings is 1. The van der Waals surface area contributed by atoms with Gasteiger partial charge in [-0.25, -0.2) is 18.7 Å². The summed E-state index contributed by atoms with van der Waals surface area (Å²) in [4.78, 5) is 30.9. The van der Waals surface area contributed by atoms with E-state index in [2.05, 4.69) is 15.3 Å². The van der Waals surface area contributed by atoms with E-state index < -0.39 is 31.1 Å².